The van der Waals surface area contributed by atoms with E-state index in [2.05, 4.69) is 86.9 Å². The van der Waals surface area contributed by atoms with Crippen molar-refractivity contribution < 1.29 is 0 Å². The first kappa shape index (κ1) is 15.0. The molecule has 0 saturated carbocycles. The Hall–Kier alpha value is -1.96. The van der Waals surface area contributed by atoms with Crippen LogP contribution in [-0.2, 0) is 5.54 Å². The molecule has 0 radical (unpaired) electrons. The summed E-state index contributed by atoms with van der Waals surface area (Å²) in [5.74, 6) is 0. The molecule has 0 N–H and O–H groups in total. The van der Waals surface area contributed by atoms with Gasteiger partial charge in [-0.2, -0.15) is 0 Å². The fourth-order valence-corrected chi connectivity index (χ4v) is 3.33. The Morgan fingerprint density at radius 3 is 2.14 bits per heavy atom. The van der Waals surface area contributed by atoms with E-state index in [1.165, 1.54) is 28.1 Å². The molecule has 3 rings (SSSR count). The summed E-state index contributed by atoms with van der Waals surface area (Å²) in [6.07, 6.45) is 0. The predicted octanol–water partition coefficient (Wildman–Crippen LogP) is 4.84. The van der Waals surface area contributed by atoms with Gasteiger partial charge in [-0.3, -0.25) is 0 Å². The second-order valence-electron chi connectivity index (χ2n) is 6.78. The van der Waals surface area contributed by atoms with E-state index in [1.54, 1.807) is 0 Å². The van der Waals surface area contributed by atoms with Gasteiger partial charge in [-0.05, 0) is 63.4 Å². The Bertz CT molecular complexity index is 674. The molecule has 2 nitrogen and oxygen atoms in total. The van der Waals surface area contributed by atoms with Crippen LogP contribution in [0, 0.1) is 13.8 Å². The standard InChI is InChI=1S/C20H26N2/c1-6-21-14-22(19-13-16(3)15(2)12-18(19)21)20(4,5)17-10-8-7-9-11-17/h7-13H,6,14H2,1-5H3. The van der Waals surface area contributed by atoms with E-state index in [0.29, 0.717) is 0 Å². The summed E-state index contributed by atoms with van der Waals surface area (Å²) < 4.78 is 0. The molecule has 0 aliphatic carbocycles. The molecule has 0 fully saturated rings. The summed E-state index contributed by atoms with van der Waals surface area (Å²) in [5.41, 5.74) is 6.80. The van der Waals surface area contributed by atoms with Crippen molar-refractivity contribution in [1.29, 1.82) is 0 Å². The van der Waals surface area contributed by atoms with Gasteiger partial charge in [-0.25, -0.2) is 0 Å². The Morgan fingerprint density at radius 1 is 0.955 bits per heavy atom. The highest BCUT2D eigenvalue weighted by molar-refractivity contribution is 5.79. The second kappa shape index (κ2) is 5.35. The lowest BCUT2D eigenvalue weighted by Crippen LogP contribution is -2.43. The van der Waals surface area contributed by atoms with Crippen molar-refractivity contribution in [3.05, 3.63) is 59.2 Å². The van der Waals surface area contributed by atoms with Crippen molar-refractivity contribution in [3.63, 3.8) is 0 Å². The van der Waals surface area contributed by atoms with Crippen LogP contribution >= 0.6 is 0 Å². The van der Waals surface area contributed by atoms with Crippen LogP contribution in [0.3, 0.4) is 0 Å². The summed E-state index contributed by atoms with van der Waals surface area (Å²) in [4.78, 5) is 5.00. The molecule has 1 aliphatic rings. The molecule has 2 aromatic rings. The largest absolute Gasteiger partial charge is 0.352 e. The molecule has 0 bridgehead atoms. The minimum Gasteiger partial charge on any atom is -0.352 e. The van der Waals surface area contributed by atoms with Gasteiger partial charge < -0.3 is 9.80 Å². The van der Waals surface area contributed by atoms with Gasteiger partial charge in [0.15, 0.2) is 0 Å². The number of hydrogen-bond donors (Lipinski definition) is 0. The van der Waals surface area contributed by atoms with Crippen molar-refractivity contribution in [2.24, 2.45) is 0 Å². The normalized spacial score (nSPS) is 14.4. The predicted molar refractivity (Wildman–Crippen MR) is 95.8 cm³/mol. The first-order chi connectivity index (χ1) is 10.4. The van der Waals surface area contributed by atoms with Gasteiger partial charge in [0.25, 0.3) is 0 Å². The molecule has 2 heteroatoms. The highest BCUT2D eigenvalue weighted by atomic mass is 15.4. The molecule has 116 valence electrons. The Balaban J connectivity index is 2.09. The summed E-state index contributed by atoms with van der Waals surface area (Å²) in [6.45, 7) is 13.3. The third-order valence-corrected chi connectivity index (χ3v) is 5.07. The number of benzene rings is 2. The number of rotatable bonds is 3. The van der Waals surface area contributed by atoms with E-state index in [0.717, 1.165) is 13.2 Å². The van der Waals surface area contributed by atoms with Crippen LogP contribution in [0.5, 0.6) is 0 Å². The van der Waals surface area contributed by atoms with Crippen molar-refractivity contribution in [2.45, 2.75) is 40.2 Å². The van der Waals surface area contributed by atoms with Gasteiger partial charge in [0.2, 0.25) is 0 Å². The van der Waals surface area contributed by atoms with E-state index in [-0.39, 0.29) is 5.54 Å². The number of aryl methyl sites for hydroxylation is 2. The molecule has 0 amide bonds. The third kappa shape index (κ3) is 2.27. The zero-order valence-electron chi connectivity index (χ0n) is 14.4. The first-order valence-corrected chi connectivity index (χ1v) is 8.14. The fraction of sp³-hybridized carbons (Fsp3) is 0.400. The molecule has 1 heterocycles. The lowest BCUT2D eigenvalue weighted by molar-refractivity contribution is 0.490. The number of nitrogens with zero attached hydrogens (tertiary/aromatic N) is 2. The van der Waals surface area contributed by atoms with E-state index in [1.807, 2.05) is 0 Å². The first-order valence-electron chi connectivity index (χ1n) is 8.14. The average Bonchev–Trinajstić information content (AvgIpc) is 2.87. The second-order valence-corrected chi connectivity index (χ2v) is 6.78. The van der Waals surface area contributed by atoms with Gasteiger partial charge in [0, 0.05) is 6.54 Å². The van der Waals surface area contributed by atoms with Crippen LogP contribution in [0.4, 0.5) is 11.4 Å². The van der Waals surface area contributed by atoms with Gasteiger partial charge in [-0.15, -0.1) is 0 Å². The fourth-order valence-electron chi connectivity index (χ4n) is 3.33. The molecule has 0 atom stereocenters. The van der Waals surface area contributed by atoms with Crippen LogP contribution in [-0.4, -0.2) is 13.2 Å². The van der Waals surface area contributed by atoms with Crippen LogP contribution < -0.4 is 9.80 Å². The van der Waals surface area contributed by atoms with Crippen molar-refractivity contribution in [1.82, 2.24) is 0 Å². The summed E-state index contributed by atoms with van der Waals surface area (Å²) in [6, 6.07) is 15.5. The number of hydrogen-bond acceptors (Lipinski definition) is 2. The number of fused-ring (bicyclic) bond motifs is 1. The van der Waals surface area contributed by atoms with Crippen LogP contribution in [0.1, 0.15) is 37.5 Å². The van der Waals surface area contributed by atoms with E-state index in [9.17, 15) is 0 Å². The molecule has 0 unspecified atom stereocenters. The molecule has 22 heavy (non-hydrogen) atoms. The van der Waals surface area contributed by atoms with Gasteiger partial charge in [-0.1, -0.05) is 30.3 Å². The maximum absolute atomic E-state index is 2.54. The highest BCUT2D eigenvalue weighted by Gasteiger charge is 2.36. The minimum atomic E-state index is -0.0262. The lowest BCUT2D eigenvalue weighted by atomic mass is 9.92. The monoisotopic (exact) mass is 294 g/mol. The molecule has 2 aromatic carbocycles. The van der Waals surface area contributed by atoms with E-state index in [4.69, 9.17) is 0 Å². The molecule has 0 saturated heterocycles. The lowest BCUT2D eigenvalue weighted by Gasteiger charge is -2.38. The average molecular weight is 294 g/mol. The van der Waals surface area contributed by atoms with Crippen molar-refractivity contribution >= 4 is 11.4 Å². The maximum Gasteiger partial charge on any atom is 0.0912 e. The van der Waals surface area contributed by atoms with E-state index >= 15 is 0 Å². The summed E-state index contributed by atoms with van der Waals surface area (Å²) in [7, 11) is 0. The van der Waals surface area contributed by atoms with Gasteiger partial charge in [0.05, 0.1) is 23.6 Å². The molecular weight excluding hydrogens is 268 g/mol. The summed E-state index contributed by atoms with van der Waals surface area (Å²) >= 11 is 0. The van der Waals surface area contributed by atoms with Crippen LogP contribution in [0.15, 0.2) is 42.5 Å². The van der Waals surface area contributed by atoms with Crippen molar-refractivity contribution in [3.8, 4) is 0 Å². The Kier molecular flexibility index (Phi) is 3.64. The van der Waals surface area contributed by atoms with E-state index < -0.39 is 0 Å². The Labute approximate surface area is 134 Å². The zero-order valence-corrected chi connectivity index (χ0v) is 14.4. The molecule has 0 aromatic heterocycles. The van der Waals surface area contributed by atoms with Gasteiger partial charge in [0.1, 0.15) is 0 Å². The molecular formula is C20H26N2. The smallest absolute Gasteiger partial charge is 0.0912 e. The maximum atomic E-state index is 2.54. The third-order valence-electron chi connectivity index (χ3n) is 5.07. The Morgan fingerprint density at radius 2 is 1.55 bits per heavy atom. The van der Waals surface area contributed by atoms with Crippen LogP contribution in [0.2, 0.25) is 0 Å². The SMILES string of the molecule is CCN1CN(C(C)(C)c2ccccc2)c2cc(C)c(C)cc21. The molecule has 0 spiro atoms. The van der Waals surface area contributed by atoms with Crippen LogP contribution in [0.25, 0.3) is 0 Å². The topological polar surface area (TPSA) is 6.48 Å². The number of anilines is 2. The molecule has 1 aliphatic heterocycles. The van der Waals surface area contributed by atoms with Crippen molar-refractivity contribution in [2.75, 3.05) is 23.0 Å². The quantitative estimate of drug-likeness (QED) is 0.799. The highest BCUT2D eigenvalue weighted by Crippen LogP contribution is 2.44. The minimum absolute atomic E-state index is 0.0262. The van der Waals surface area contributed by atoms with Gasteiger partial charge >= 0.3 is 0 Å². The summed E-state index contributed by atoms with van der Waals surface area (Å²) in [5, 5.41) is 0. The zero-order chi connectivity index (χ0) is 15.9.